The third kappa shape index (κ3) is 3.23. The van der Waals surface area contributed by atoms with Crippen LogP contribution in [-0.2, 0) is 6.54 Å². The number of hydrogen-bond donors (Lipinski definition) is 1. The van der Waals surface area contributed by atoms with E-state index in [1.807, 2.05) is 30.3 Å². The Morgan fingerprint density at radius 3 is 2.45 bits per heavy atom. The van der Waals surface area contributed by atoms with Crippen LogP contribution in [0.4, 0.5) is 0 Å². The summed E-state index contributed by atoms with van der Waals surface area (Å²) in [6.07, 6.45) is 1.55. The molecule has 2 aromatic carbocycles. The molecule has 2 aromatic heterocycles. The third-order valence-electron chi connectivity index (χ3n) is 5.23. The molecule has 6 heteroatoms. The molecule has 4 aromatic rings. The van der Waals surface area contributed by atoms with Crippen molar-refractivity contribution in [3.8, 4) is 6.07 Å². The van der Waals surface area contributed by atoms with Crippen molar-refractivity contribution in [3.05, 3.63) is 94.6 Å². The van der Waals surface area contributed by atoms with E-state index in [4.69, 9.17) is 11.1 Å². The van der Waals surface area contributed by atoms with Crippen LogP contribution in [0.5, 0.6) is 0 Å². The molecule has 0 bridgehead atoms. The summed E-state index contributed by atoms with van der Waals surface area (Å²) in [6, 6.07) is 19.6. The second-order valence-corrected chi connectivity index (χ2v) is 6.87. The van der Waals surface area contributed by atoms with Crippen molar-refractivity contribution < 1.29 is 0 Å². The van der Waals surface area contributed by atoms with Gasteiger partial charge in [-0.15, -0.1) is 0 Å². The maximum Gasteiger partial charge on any atom is 0.144 e. The summed E-state index contributed by atoms with van der Waals surface area (Å²) in [5.74, 6) is 5.77. The van der Waals surface area contributed by atoms with E-state index in [1.165, 1.54) is 5.56 Å². The van der Waals surface area contributed by atoms with Crippen LogP contribution < -0.4 is 5.84 Å². The summed E-state index contributed by atoms with van der Waals surface area (Å²) >= 11 is 0. The van der Waals surface area contributed by atoms with Gasteiger partial charge in [-0.05, 0) is 37.1 Å². The summed E-state index contributed by atoms with van der Waals surface area (Å²) in [4.78, 5) is 9.09. The lowest BCUT2D eigenvalue weighted by molar-refractivity contribution is 0.790. The molecule has 0 aliphatic rings. The van der Waals surface area contributed by atoms with Gasteiger partial charge in [-0.1, -0.05) is 42.5 Å². The van der Waals surface area contributed by atoms with Crippen LogP contribution in [0.2, 0.25) is 0 Å². The van der Waals surface area contributed by atoms with E-state index >= 15 is 0 Å². The van der Waals surface area contributed by atoms with E-state index in [1.54, 1.807) is 18.5 Å². The van der Waals surface area contributed by atoms with Gasteiger partial charge in [-0.25, -0.2) is 9.97 Å². The van der Waals surface area contributed by atoms with E-state index < -0.39 is 0 Å². The van der Waals surface area contributed by atoms with Crippen molar-refractivity contribution in [3.63, 3.8) is 0 Å². The fourth-order valence-corrected chi connectivity index (χ4v) is 3.58. The maximum absolute atomic E-state index is 9.05. The highest BCUT2D eigenvalue weighted by atomic mass is 15.1. The van der Waals surface area contributed by atoms with E-state index in [2.05, 4.69) is 51.7 Å². The van der Waals surface area contributed by atoms with Crippen molar-refractivity contribution >= 4 is 16.7 Å². The molecule has 0 radical (unpaired) electrons. The molecule has 2 heterocycles. The SMILES string of the molecule is Cc1c(C)n(Cc2ccccc2)c2ncnc(C(=NN)c3ccc(C#N)cc3)c12. The highest BCUT2D eigenvalue weighted by Gasteiger charge is 2.20. The Morgan fingerprint density at radius 1 is 1.07 bits per heavy atom. The Labute approximate surface area is 169 Å². The van der Waals surface area contributed by atoms with Crippen molar-refractivity contribution in [2.75, 3.05) is 0 Å². The van der Waals surface area contributed by atoms with E-state index in [9.17, 15) is 0 Å². The topological polar surface area (TPSA) is 92.9 Å². The minimum absolute atomic E-state index is 0.571. The summed E-state index contributed by atoms with van der Waals surface area (Å²) in [5.41, 5.74) is 6.93. The van der Waals surface area contributed by atoms with Crippen molar-refractivity contribution in [2.24, 2.45) is 10.9 Å². The van der Waals surface area contributed by atoms with E-state index in [0.29, 0.717) is 17.0 Å². The normalized spacial score (nSPS) is 11.6. The number of hydrazone groups is 1. The lowest BCUT2D eigenvalue weighted by Gasteiger charge is -2.09. The van der Waals surface area contributed by atoms with Crippen molar-refractivity contribution in [1.29, 1.82) is 5.26 Å². The van der Waals surface area contributed by atoms with Crippen LogP contribution in [0.15, 0.2) is 66.0 Å². The fourth-order valence-electron chi connectivity index (χ4n) is 3.58. The first-order chi connectivity index (χ1) is 14.1. The van der Waals surface area contributed by atoms with Crippen LogP contribution in [0.1, 0.15) is 33.6 Å². The van der Waals surface area contributed by atoms with E-state index in [-0.39, 0.29) is 0 Å². The zero-order valence-electron chi connectivity index (χ0n) is 16.3. The molecular formula is C23H20N6. The van der Waals surface area contributed by atoms with Gasteiger partial charge < -0.3 is 10.4 Å². The number of nitrogens with two attached hydrogens (primary N) is 1. The van der Waals surface area contributed by atoms with Gasteiger partial charge in [0, 0.05) is 17.8 Å². The van der Waals surface area contributed by atoms with Gasteiger partial charge in [-0.3, -0.25) is 0 Å². The first-order valence-corrected chi connectivity index (χ1v) is 9.27. The summed E-state index contributed by atoms with van der Waals surface area (Å²) in [5, 5.41) is 14.0. The van der Waals surface area contributed by atoms with Crippen LogP contribution in [-0.4, -0.2) is 20.2 Å². The summed E-state index contributed by atoms with van der Waals surface area (Å²) < 4.78 is 2.19. The summed E-state index contributed by atoms with van der Waals surface area (Å²) in [7, 11) is 0. The average molecular weight is 380 g/mol. The third-order valence-corrected chi connectivity index (χ3v) is 5.23. The average Bonchev–Trinajstić information content (AvgIpc) is 3.01. The molecule has 0 aliphatic heterocycles. The molecule has 4 rings (SSSR count). The second-order valence-electron chi connectivity index (χ2n) is 6.87. The Hall–Kier alpha value is -3.98. The largest absolute Gasteiger partial charge is 0.325 e. The number of aromatic nitrogens is 3. The predicted octanol–water partition coefficient (Wildman–Crippen LogP) is 3.68. The standard InChI is InChI=1S/C23H20N6/c1-15-16(2)29(13-18-6-4-3-5-7-18)23-20(15)22(26-14-27-23)21(28-25)19-10-8-17(12-24)9-11-19/h3-11,14H,13,25H2,1-2H3. The molecule has 0 unspecified atom stereocenters. The number of fused-ring (bicyclic) bond motifs is 1. The first kappa shape index (κ1) is 18.4. The van der Waals surface area contributed by atoms with Crippen molar-refractivity contribution in [2.45, 2.75) is 20.4 Å². The fraction of sp³-hybridized carbons (Fsp3) is 0.130. The number of aryl methyl sites for hydroxylation is 1. The zero-order valence-corrected chi connectivity index (χ0v) is 16.3. The maximum atomic E-state index is 9.05. The van der Waals surface area contributed by atoms with Gasteiger partial charge in [-0.2, -0.15) is 10.4 Å². The zero-order chi connectivity index (χ0) is 20.4. The smallest absolute Gasteiger partial charge is 0.144 e. The molecular weight excluding hydrogens is 360 g/mol. The minimum atomic E-state index is 0.571. The molecule has 0 atom stereocenters. The lowest BCUT2D eigenvalue weighted by Crippen LogP contribution is -2.10. The highest BCUT2D eigenvalue weighted by molar-refractivity contribution is 6.18. The molecule has 2 N–H and O–H groups in total. The number of benzene rings is 2. The van der Waals surface area contributed by atoms with Crippen LogP contribution in [0, 0.1) is 25.2 Å². The Kier molecular flexibility index (Phi) is 4.80. The van der Waals surface area contributed by atoms with E-state index in [0.717, 1.165) is 34.4 Å². The summed E-state index contributed by atoms with van der Waals surface area (Å²) in [6.45, 7) is 4.88. The molecule has 0 amide bonds. The van der Waals surface area contributed by atoms with Gasteiger partial charge in [0.1, 0.15) is 23.4 Å². The Morgan fingerprint density at radius 2 is 1.79 bits per heavy atom. The molecule has 0 spiro atoms. The lowest BCUT2D eigenvalue weighted by atomic mass is 10.0. The van der Waals surface area contributed by atoms with Gasteiger partial charge in [0.05, 0.1) is 17.0 Å². The van der Waals surface area contributed by atoms with Gasteiger partial charge in [0.15, 0.2) is 0 Å². The van der Waals surface area contributed by atoms with Gasteiger partial charge >= 0.3 is 0 Å². The molecule has 0 saturated heterocycles. The van der Waals surface area contributed by atoms with Crippen LogP contribution >= 0.6 is 0 Å². The predicted molar refractivity (Wildman–Crippen MR) is 114 cm³/mol. The minimum Gasteiger partial charge on any atom is -0.325 e. The Balaban J connectivity index is 1.87. The van der Waals surface area contributed by atoms with Crippen LogP contribution in [0.25, 0.3) is 11.0 Å². The highest BCUT2D eigenvalue weighted by Crippen LogP contribution is 2.28. The van der Waals surface area contributed by atoms with Gasteiger partial charge in [0.2, 0.25) is 0 Å². The molecule has 142 valence electrons. The van der Waals surface area contributed by atoms with Crippen molar-refractivity contribution in [1.82, 2.24) is 14.5 Å². The number of nitrogens with zero attached hydrogens (tertiary/aromatic N) is 5. The van der Waals surface area contributed by atoms with Crippen LogP contribution in [0.3, 0.4) is 0 Å². The monoisotopic (exact) mass is 380 g/mol. The molecule has 0 aliphatic carbocycles. The molecule has 6 nitrogen and oxygen atoms in total. The number of hydrogen-bond acceptors (Lipinski definition) is 5. The Bertz CT molecular complexity index is 1240. The quantitative estimate of drug-likeness (QED) is 0.332. The number of nitriles is 1. The molecule has 0 fully saturated rings. The second kappa shape index (κ2) is 7.56. The molecule has 0 saturated carbocycles. The first-order valence-electron chi connectivity index (χ1n) is 9.27. The van der Waals surface area contributed by atoms with Gasteiger partial charge in [0.25, 0.3) is 0 Å². The molecule has 29 heavy (non-hydrogen) atoms. The number of rotatable bonds is 4.